The monoisotopic (exact) mass is 287 g/mol. The second-order valence-corrected chi connectivity index (χ2v) is 4.76. The Morgan fingerprint density at radius 2 is 1.70 bits per heavy atom. The number of nitrogens with one attached hydrogen (secondary N) is 1. The van der Waals surface area contributed by atoms with Crippen molar-refractivity contribution in [1.82, 2.24) is 5.32 Å². The van der Waals surface area contributed by atoms with E-state index >= 15 is 0 Å². The van der Waals surface area contributed by atoms with Crippen LogP contribution < -0.4 is 5.32 Å². The zero-order valence-electron chi connectivity index (χ0n) is 10.3. The molecule has 1 aromatic carbocycles. The zero-order valence-corrected chi connectivity index (χ0v) is 10.3. The molecule has 7 heteroatoms. The maximum absolute atomic E-state index is 12.0. The number of alkyl halides is 3. The summed E-state index contributed by atoms with van der Waals surface area (Å²) in [5.74, 6) is -2.89. The number of aromatic carboxylic acids is 1. The number of halogens is 3. The van der Waals surface area contributed by atoms with Gasteiger partial charge in [0.15, 0.2) is 0 Å². The minimum absolute atomic E-state index is 0.0522. The molecule has 1 aromatic rings. The molecule has 2 N–H and O–H groups in total. The molecule has 1 amide bonds. The van der Waals surface area contributed by atoms with Crippen LogP contribution >= 0.6 is 0 Å². The summed E-state index contributed by atoms with van der Waals surface area (Å²) in [5.41, 5.74) is 1.03. The maximum atomic E-state index is 12.0. The van der Waals surface area contributed by atoms with Crippen molar-refractivity contribution in [3.63, 3.8) is 0 Å². The van der Waals surface area contributed by atoms with E-state index in [2.05, 4.69) is 0 Å². The van der Waals surface area contributed by atoms with Gasteiger partial charge in [-0.1, -0.05) is 12.1 Å². The van der Waals surface area contributed by atoms with Gasteiger partial charge in [0.1, 0.15) is 0 Å². The first-order chi connectivity index (χ1) is 9.27. The molecule has 1 aliphatic carbocycles. The Labute approximate surface area is 112 Å². The van der Waals surface area contributed by atoms with Gasteiger partial charge in [-0.15, -0.1) is 0 Å². The third-order valence-electron chi connectivity index (χ3n) is 3.36. The van der Waals surface area contributed by atoms with Crippen LogP contribution in [0.3, 0.4) is 0 Å². The highest BCUT2D eigenvalue weighted by Gasteiger charge is 2.42. The molecule has 4 nitrogen and oxygen atoms in total. The molecule has 20 heavy (non-hydrogen) atoms. The van der Waals surface area contributed by atoms with E-state index in [-0.39, 0.29) is 11.5 Å². The van der Waals surface area contributed by atoms with E-state index in [1.54, 1.807) is 12.1 Å². The lowest BCUT2D eigenvalue weighted by molar-refractivity contribution is -0.175. The first-order valence-corrected chi connectivity index (χ1v) is 5.98. The molecule has 0 spiro atoms. The lowest BCUT2D eigenvalue weighted by Crippen LogP contribution is -2.48. The molecule has 0 unspecified atom stereocenters. The number of amides is 1. The molecule has 1 aliphatic rings. The Morgan fingerprint density at radius 3 is 2.15 bits per heavy atom. The third kappa shape index (κ3) is 3.09. The SMILES string of the molecule is O=C(O)c1ccc(C2CC(NC(=O)C(F)(F)F)C2)cc1. The zero-order chi connectivity index (χ0) is 14.9. The van der Waals surface area contributed by atoms with Crippen molar-refractivity contribution in [1.29, 1.82) is 0 Å². The Balaban J connectivity index is 1.87. The van der Waals surface area contributed by atoms with Gasteiger partial charge in [0.2, 0.25) is 0 Å². The second kappa shape index (κ2) is 5.15. The molecule has 1 saturated carbocycles. The van der Waals surface area contributed by atoms with Crippen molar-refractivity contribution >= 4 is 11.9 Å². The van der Waals surface area contributed by atoms with Crippen molar-refractivity contribution in [2.45, 2.75) is 31.0 Å². The Hall–Kier alpha value is -2.05. The first-order valence-electron chi connectivity index (χ1n) is 5.98. The van der Waals surface area contributed by atoms with Gasteiger partial charge in [-0.3, -0.25) is 4.79 Å². The van der Waals surface area contributed by atoms with Gasteiger partial charge in [-0.2, -0.15) is 13.2 Å². The van der Waals surface area contributed by atoms with Crippen LogP contribution in [-0.4, -0.2) is 29.2 Å². The molecule has 0 heterocycles. The highest BCUT2D eigenvalue weighted by atomic mass is 19.4. The molecule has 0 saturated heterocycles. The van der Waals surface area contributed by atoms with Crippen LogP contribution in [-0.2, 0) is 4.79 Å². The summed E-state index contributed by atoms with van der Waals surface area (Å²) in [7, 11) is 0. The normalized spacial score (nSPS) is 21.9. The van der Waals surface area contributed by atoms with Crippen molar-refractivity contribution < 1.29 is 27.9 Å². The maximum Gasteiger partial charge on any atom is 0.471 e. The summed E-state index contributed by atoms with van der Waals surface area (Å²) in [5, 5.41) is 10.7. The van der Waals surface area contributed by atoms with Crippen molar-refractivity contribution in [3.05, 3.63) is 35.4 Å². The van der Waals surface area contributed by atoms with Crippen molar-refractivity contribution in [3.8, 4) is 0 Å². The number of carboxylic acid groups (broad SMARTS) is 1. The minimum Gasteiger partial charge on any atom is -0.478 e. The summed E-state index contributed by atoms with van der Waals surface area (Å²) in [6.45, 7) is 0. The number of carboxylic acids is 1. The molecule has 2 rings (SSSR count). The van der Waals surface area contributed by atoms with Crippen LogP contribution in [0.15, 0.2) is 24.3 Å². The first kappa shape index (κ1) is 14.4. The van der Waals surface area contributed by atoms with Gasteiger partial charge in [-0.25, -0.2) is 4.79 Å². The van der Waals surface area contributed by atoms with Crippen molar-refractivity contribution in [2.24, 2.45) is 0 Å². The van der Waals surface area contributed by atoms with Crippen LogP contribution in [0.25, 0.3) is 0 Å². The van der Waals surface area contributed by atoms with Gasteiger partial charge in [0.05, 0.1) is 5.56 Å². The van der Waals surface area contributed by atoms with Crippen LogP contribution in [0.1, 0.15) is 34.7 Å². The number of hydrogen-bond donors (Lipinski definition) is 2. The summed E-state index contributed by atoms with van der Waals surface area (Å²) < 4.78 is 36.1. The van der Waals surface area contributed by atoms with E-state index in [0.29, 0.717) is 12.8 Å². The standard InChI is InChI=1S/C13H12F3NO3/c14-13(15,16)12(20)17-10-5-9(6-10)7-1-3-8(4-2-7)11(18)19/h1-4,9-10H,5-6H2,(H,17,20)(H,18,19). The molecule has 0 aliphatic heterocycles. The number of hydrogen-bond acceptors (Lipinski definition) is 2. The highest BCUT2D eigenvalue weighted by Crippen LogP contribution is 2.37. The van der Waals surface area contributed by atoms with E-state index < -0.39 is 24.1 Å². The predicted octanol–water partition coefficient (Wildman–Crippen LogP) is 2.31. The van der Waals surface area contributed by atoms with Crippen LogP contribution in [0.4, 0.5) is 13.2 Å². The predicted molar refractivity (Wildman–Crippen MR) is 63.4 cm³/mol. The van der Waals surface area contributed by atoms with Crippen LogP contribution in [0, 0.1) is 0 Å². The number of carbonyl (C=O) groups excluding carboxylic acids is 1. The van der Waals surface area contributed by atoms with Gasteiger partial charge >= 0.3 is 18.1 Å². The smallest absolute Gasteiger partial charge is 0.471 e. The summed E-state index contributed by atoms with van der Waals surface area (Å²) in [6, 6.07) is 5.73. The average Bonchev–Trinajstić information content (AvgIpc) is 2.32. The quantitative estimate of drug-likeness (QED) is 0.896. The van der Waals surface area contributed by atoms with Gasteiger partial charge in [-0.05, 0) is 36.5 Å². The molecular weight excluding hydrogens is 275 g/mol. The second-order valence-electron chi connectivity index (χ2n) is 4.76. The average molecular weight is 287 g/mol. The molecule has 0 radical (unpaired) electrons. The lowest BCUT2D eigenvalue weighted by Gasteiger charge is -2.36. The molecule has 0 aromatic heterocycles. The minimum atomic E-state index is -4.85. The molecule has 0 atom stereocenters. The van der Waals surface area contributed by atoms with Crippen LogP contribution in [0.2, 0.25) is 0 Å². The van der Waals surface area contributed by atoms with E-state index in [1.165, 1.54) is 12.1 Å². The number of benzene rings is 1. The van der Waals surface area contributed by atoms with Crippen LogP contribution in [0.5, 0.6) is 0 Å². The van der Waals surface area contributed by atoms with E-state index in [1.807, 2.05) is 5.32 Å². The van der Waals surface area contributed by atoms with E-state index in [4.69, 9.17) is 5.11 Å². The van der Waals surface area contributed by atoms with E-state index in [0.717, 1.165) is 5.56 Å². The fourth-order valence-corrected chi connectivity index (χ4v) is 2.17. The number of rotatable bonds is 3. The molecule has 108 valence electrons. The largest absolute Gasteiger partial charge is 0.478 e. The Bertz CT molecular complexity index is 519. The topological polar surface area (TPSA) is 66.4 Å². The summed E-state index contributed by atoms with van der Waals surface area (Å²) in [4.78, 5) is 21.4. The Morgan fingerprint density at radius 1 is 1.15 bits per heavy atom. The number of carbonyl (C=O) groups is 2. The summed E-state index contributed by atoms with van der Waals surface area (Å²) in [6.07, 6.45) is -4.00. The highest BCUT2D eigenvalue weighted by molar-refractivity contribution is 5.87. The molecule has 0 bridgehead atoms. The molecule has 1 fully saturated rings. The third-order valence-corrected chi connectivity index (χ3v) is 3.36. The van der Waals surface area contributed by atoms with Gasteiger partial charge in [0.25, 0.3) is 0 Å². The lowest BCUT2D eigenvalue weighted by atomic mass is 9.75. The summed E-state index contributed by atoms with van der Waals surface area (Å²) >= 11 is 0. The van der Waals surface area contributed by atoms with Gasteiger partial charge in [0, 0.05) is 6.04 Å². The fourth-order valence-electron chi connectivity index (χ4n) is 2.17. The Kier molecular flexibility index (Phi) is 3.69. The van der Waals surface area contributed by atoms with Gasteiger partial charge < -0.3 is 10.4 Å². The van der Waals surface area contributed by atoms with Crippen molar-refractivity contribution in [2.75, 3.05) is 0 Å². The van der Waals surface area contributed by atoms with E-state index in [9.17, 15) is 22.8 Å². The fraction of sp³-hybridized carbons (Fsp3) is 0.385. The molecular formula is C13H12F3NO3.